The molecule has 2 rings (SSSR count). The lowest BCUT2D eigenvalue weighted by molar-refractivity contribution is 0.874. The number of pyridine rings is 1. The van der Waals surface area contributed by atoms with Crippen molar-refractivity contribution in [3.8, 4) is 6.07 Å². The van der Waals surface area contributed by atoms with Crippen LogP contribution >= 0.6 is 0 Å². The Balaban J connectivity index is 2.19. The van der Waals surface area contributed by atoms with E-state index in [1.807, 2.05) is 31.2 Å². The number of benzene rings is 1. The summed E-state index contributed by atoms with van der Waals surface area (Å²) in [5, 5.41) is 12.2. The molecule has 0 fully saturated rings. The third kappa shape index (κ3) is 2.58. The van der Waals surface area contributed by atoms with Gasteiger partial charge in [0.25, 0.3) is 0 Å². The first-order valence-electron chi connectivity index (χ1n) is 5.68. The van der Waals surface area contributed by atoms with E-state index in [4.69, 9.17) is 11.0 Å². The Morgan fingerprint density at radius 3 is 2.67 bits per heavy atom. The van der Waals surface area contributed by atoms with Gasteiger partial charge >= 0.3 is 0 Å². The maximum atomic E-state index is 8.99. The highest BCUT2D eigenvalue weighted by molar-refractivity contribution is 5.52. The quantitative estimate of drug-likeness (QED) is 0.806. The van der Waals surface area contributed by atoms with Crippen LogP contribution in [0.25, 0.3) is 0 Å². The van der Waals surface area contributed by atoms with Crippen LogP contribution in [-0.2, 0) is 0 Å². The van der Waals surface area contributed by atoms with Crippen molar-refractivity contribution in [2.24, 2.45) is 0 Å². The minimum absolute atomic E-state index is 0.0626. The summed E-state index contributed by atoms with van der Waals surface area (Å²) in [6, 6.07) is 13.3. The molecule has 3 N–H and O–H groups in total. The molecule has 1 unspecified atom stereocenters. The lowest BCUT2D eigenvalue weighted by atomic mass is 10.1. The van der Waals surface area contributed by atoms with Crippen molar-refractivity contribution >= 4 is 11.5 Å². The Morgan fingerprint density at radius 2 is 2.00 bits per heavy atom. The Bertz CT molecular complexity index is 569. The number of anilines is 2. The standard InChI is InChI=1S/C14H14N4/c1-10(11-4-6-13(16)7-5-11)18-14-12(9-15)3-2-8-17-14/h2-8,10H,16H2,1H3,(H,17,18). The predicted octanol–water partition coefficient (Wildman–Crippen LogP) is 2.71. The van der Waals surface area contributed by atoms with Crippen molar-refractivity contribution in [1.29, 1.82) is 5.26 Å². The summed E-state index contributed by atoms with van der Waals surface area (Å²) in [6.45, 7) is 2.02. The van der Waals surface area contributed by atoms with Gasteiger partial charge in [-0.15, -0.1) is 0 Å². The number of hydrogen-bond acceptors (Lipinski definition) is 4. The lowest BCUT2D eigenvalue weighted by Gasteiger charge is -2.15. The molecule has 0 saturated carbocycles. The minimum atomic E-state index is 0.0626. The number of nitrogens with zero attached hydrogens (tertiary/aromatic N) is 2. The van der Waals surface area contributed by atoms with Gasteiger partial charge < -0.3 is 11.1 Å². The summed E-state index contributed by atoms with van der Waals surface area (Å²) in [5.41, 5.74) is 8.02. The van der Waals surface area contributed by atoms with Gasteiger partial charge in [-0.2, -0.15) is 5.26 Å². The normalized spacial score (nSPS) is 11.6. The van der Waals surface area contributed by atoms with Crippen molar-refractivity contribution < 1.29 is 0 Å². The third-order valence-electron chi connectivity index (χ3n) is 2.72. The van der Waals surface area contributed by atoms with E-state index in [0.717, 1.165) is 11.3 Å². The Kier molecular flexibility index (Phi) is 3.44. The first-order valence-corrected chi connectivity index (χ1v) is 5.68. The van der Waals surface area contributed by atoms with Gasteiger partial charge in [-0.25, -0.2) is 4.98 Å². The van der Waals surface area contributed by atoms with Crippen LogP contribution in [0.5, 0.6) is 0 Å². The van der Waals surface area contributed by atoms with E-state index in [-0.39, 0.29) is 6.04 Å². The maximum absolute atomic E-state index is 8.99. The van der Waals surface area contributed by atoms with E-state index in [1.165, 1.54) is 0 Å². The molecule has 90 valence electrons. The molecular weight excluding hydrogens is 224 g/mol. The molecule has 0 aliphatic carbocycles. The van der Waals surface area contributed by atoms with Crippen molar-refractivity contribution in [3.05, 3.63) is 53.7 Å². The van der Waals surface area contributed by atoms with E-state index in [2.05, 4.69) is 16.4 Å². The Hall–Kier alpha value is -2.54. The van der Waals surface area contributed by atoms with Gasteiger partial charge in [-0.05, 0) is 36.8 Å². The number of nitrogens with one attached hydrogen (secondary N) is 1. The van der Waals surface area contributed by atoms with Crippen LogP contribution in [0.2, 0.25) is 0 Å². The fourth-order valence-corrected chi connectivity index (χ4v) is 1.68. The molecule has 0 aliphatic rings. The van der Waals surface area contributed by atoms with Crippen LogP contribution in [0.3, 0.4) is 0 Å². The van der Waals surface area contributed by atoms with Gasteiger partial charge in [0, 0.05) is 17.9 Å². The first kappa shape index (κ1) is 11.9. The van der Waals surface area contributed by atoms with Crippen molar-refractivity contribution in [1.82, 2.24) is 4.98 Å². The highest BCUT2D eigenvalue weighted by atomic mass is 15.0. The van der Waals surface area contributed by atoms with Gasteiger partial charge in [-0.1, -0.05) is 12.1 Å². The average Bonchev–Trinajstić information content (AvgIpc) is 2.40. The summed E-state index contributed by atoms with van der Waals surface area (Å²) in [5.74, 6) is 0.601. The lowest BCUT2D eigenvalue weighted by Crippen LogP contribution is -2.09. The summed E-state index contributed by atoms with van der Waals surface area (Å²) in [4.78, 5) is 4.17. The fourth-order valence-electron chi connectivity index (χ4n) is 1.68. The van der Waals surface area contributed by atoms with Crippen LogP contribution in [-0.4, -0.2) is 4.98 Å². The molecule has 1 aromatic heterocycles. The van der Waals surface area contributed by atoms with Gasteiger partial charge in [0.05, 0.1) is 5.56 Å². The van der Waals surface area contributed by atoms with Gasteiger partial charge in [0.1, 0.15) is 11.9 Å². The van der Waals surface area contributed by atoms with Crippen LogP contribution in [0.4, 0.5) is 11.5 Å². The molecule has 0 bridgehead atoms. The Morgan fingerprint density at radius 1 is 1.28 bits per heavy atom. The van der Waals surface area contributed by atoms with Crippen molar-refractivity contribution in [2.45, 2.75) is 13.0 Å². The zero-order valence-corrected chi connectivity index (χ0v) is 10.1. The number of nitrogens with two attached hydrogens (primary N) is 1. The van der Waals surface area contributed by atoms with Crippen molar-refractivity contribution in [2.75, 3.05) is 11.1 Å². The second-order valence-electron chi connectivity index (χ2n) is 4.04. The molecule has 0 aliphatic heterocycles. The number of nitriles is 1. The summed E-state index contributed by atoms with van der Waals surface area (Å²) in [7, 11) is 0. The predicted molar refractivity (Wildman–Crippen MR) is 71.8 cm³/mol. The summed E-state index contributed by atoms with van der Waals surface area (Å²) < 4.78 is 0. The minimum Gasteiger partial charge on any atom is -0.399 e. The molecule has 1 heterocycles. The first-order chi connectivity index (χ1) is 8.70. The topological polar surface area (TPSA) is 74.7 Å². The molecule has 4 nitrogen and oxygen atoms in total. The van der Waals surface area contributed by atoms with Crippen molar-refractivity contribution in [3.63, 3.8) is 0 Å². The highest BCUT2D eigenvalue weighted by Gasteiger charge is 2.08. The second kappa shape index (κ2) is 5.19. The van der Waals surface area contributed by atoms with Crippen LogP contribution < -0.4 is 11.1 Å². The molecule has 0 spiro atoms. The number of aromatic nitrogens is 1. The molecule has 1 atom stereocenters. The molecule has 1 aromatic carbocycles. The van der Waals surface area contributed by atoms with E-state index in [0.29, 0.717) is 11.4 Å². The smallest absolute Gasteiger partial charge is 0.144 e. The van der Waals surface area contributed by atoms with E-state index in [1.54, 1.807) is 18.3 Å². The van der Waals surface area contributed by atoms with Gasteiger partial charge in [0.2, 0.25) is 0 Å². The SMILES string of the molecule is CC(Nc1ncccc1C#N)c1ccc(N)cc1. The zero-order valence-electron chi connectivity index (χ0n) is 10.1. The number of rotatable bonds is 3. The van der Waals surface area contributed by atoms with Crippen LogP contribution in [0.15, 0.2) is 42.6 Å². The number of hydrogen-bond donors (Lipinski definition) is 2. The Labute approximate surface area is 106 Å². The molecule has 0 radical (unpaired) electrons. The molecule has 18 heavy (non-hydrogen) atoms. The third-order valence-corrected chi connectivity index (χ3v) is 2.72. The summed E-state index contributed by atoms with van der Waals surface area (Å²) >= 11 is 0. The van der Waals surface area contributed by atoms with E-state index in [9.17, 15) is 0 Å². The maximum Gasteiger partial charge on any atom is 0.144 e. The molecular formula is C14H14N4. The van der Waals surface area contributed by atoms with Crippen LogP contribution in [0.1, 0.15) is 24.1 Å². The largest absolute Gasteiger partial charge is 0.399 e. The highest BCUT2D eigenvalue weighted by Crippen LogP contribution is 2.20. The summed E-state index contributed by atoms with van der Waals surface area (Å²) in [6.07, 6.45) is 1.67. The van der Waals surface area contributed by atoms with Crippen LogP contribution in [0, 0.1) is 11.3 Å². The van der Waals surface area contributed by atoms with E-state index < -0.39 is 0 Å². The monoisotopic (exact) mass is 238 g/mol. The average molecular weight is 238 g/mol. The number of nitrogen functional groups attached to an aromatic ring is 1. The van der Waals surface area contributed by atoms with Gasteiger partial charge in [-0.3, -0.25) is 0 Å². The van der Waals surface area contributed by atoms with Gasteiger partial charge in [0.15, 0.2) is 0 Å². The fraction of sp³-hybridized carbons (Fsp3) is 0.143. The molecule has 2 aromatic rings. The second-order valence-corrected chi connectivity index (χ2v) is 4.04. The molecule has 0 saturated heterocycles. The molecule has 4 heteroatoms. The molecule has 0 amide bonds. The zero-order chi connectivity index (χ0) is 13.0. The van der Waals surface area contributed by atoms with E-state index >= 15 is 0 Å².